The first-order valence-electron chi connectivity index (χ1n) is 10.9. The van der Waals surface area contributed by atoms with Crippen molar-refractivity contribution in [2.75, 3.05) is 19.8 Å². The van der Waals surface area contributed by atoms with Crippen molar-refractivity contribution in [1.82, 2.24) is 20.2 Å². The van der Waals surface area contributed by atoms with E-state index < -0.39 is 0 Å². The maximum Gasteiger partial charge on any atom is 0.0961 e. The molecule has 0 spiro atoms. The molecule has 2 N–H and O–H groups in total. The molecule has 2 heterocycles. The number of benzene rings is 2. The first-order chi connectivity index (χ1) is 14.4. The Morgan fingerprint density at radius 3 is 2.79 bits per heavy atom. The van der Waals surface area contributed by atoms with Gasteiger partial charge in [-0.25, -0.2) is 4.98 Å². The SMILES string of the molecule is c1ccc2c(c1)ncn2Cc1ccc(CNC2CCCC2C2COCCN2)cc1. The van der Waals surface area contributed by atoms with Crippen molar-refractivity contribution in [3.63, 3.8) is 0 Å². The topological polar surface area (TPSA) is 51.1 Å². The van der Waals surface area contributed by atoms with Crippen LogP contribution in [0.15, 0.2) is 54.9 Å². The molecule has 1 saturated carbocycles. The van der Waals surface area contributed by atoms with E-state index in [9.17, 15) is 0 Å². The molecule has 152 valence electrons. The number of nitrogens with one attached hydrogen (secondary N) is 2. The standard InChI is InChI=1S/C24H30N4O/c1-2-7-24-22(5-1)27-17-28(24)15-19-10-8-18(9-11-19)14-26-21-6-3-4-20(21)23-16-29-13-12-25-23/h1-2,5,7-11,17,20-21,23,25-26H,3-4,6,12-16H2. The number of para-hydroxylation sites is 2. The summed E-state index contributed by atoms with van der Waals surface area (Å²) in [5, 5.41) is 7.48. The van der Waals surface area contributed by atoms with Gasteiger partial charge in [0.2, 0.25) is 0 Å². The zero-order valence-corrected chi connectivity index (χ0v) is 16.9. The first kappa shape index (κ1) is 18.8. The van der Waals surface area contributed by atoms with Gasteiger partial charge in [0.25, 0.3) is 0 Å². The second kappa shape index (κ2) is 8.66. The predicted molar refractivity (Wildman–Crippen MR) is 116 cm³/mol. The lowest BCUT2D eigenvalue weighted by Gasteiger charge is -2.33. The Morgan fingerprint density at radius 2 is 1.93 bits per heavy atom. The van der Waals surface area contributed by atoms with Gasteiger partial charge >= 0.3 is 0 Å². The number of morpholine rings is 1. The molecule has 5 rings (SSSR count). The van der Waals surface area contributed by atoms with Gasteiger partial charge in [-0.2, -0.15) is 0 Å². The van der Waals surface area contributed by atoms with Gasteiger partial charge in [-0.15, -0.1) is 0 Å². The van der Waals surface area contributed by atoms with Crippen LogP contribution in [0.5, 0.6) is 0 Å². The van der Waals surface area contributed by atoms with E-state index in [4.69, 9.17) is 4.74 Å². The van der Waals surface area contributed by atoms with Crippen molar-refractivity contribution < 1.29 is 4.74 Å². The molecular weight excluding hydrogens is 360 g/mol. The van der Waals surface area contributed by atoms with Crippen LogP contribution in [0.3, 0.4) is 0 Å². The lowest BCUT2D eigenvalue weighted by atomic mass is 9.94. The molecule has 1 aliphatic heterocycles. The molecule has 0 bridgehead atoms. The van der Waals surface area contributed by atoms with E-state index in [1.54, 1.807) is 0 Å². The zero-order chi connectivity index (χ0) is 19.5. The smallest absolute Gasteiger partial charge is 0.0961 e. The van der Waals surface area contributed by atoms with E-state index in [1.165, 1.54) is 35.9 Å². The first-order valence-corrected chi connectivity index (χ1v) is 10.9. The average Bonchev–Trinajstić information content (AvgIpc) is 3.41. The Kier molecular flexibility index (Phi) is 5.61. The lowest BCUT2D eigenvalue weighted by molar-refractivity contribution is 0.0524. The van der Waals surface area contributed by atoms with Crippen molar-refractivity contribution in [2.45, 2.75) is 44.4 Å². The summed E-state index contributed by atoms with van der Waals surface area (Å²) in [7, 11) is 0. The monoisotopic (exact) mass is 390 g/mol. The molecule has 0 radical (unpaired) electrons. The van der Waals surface area contributed by atoms with Gasteiger partial charge in [-0.05, 0) is 42.0 Å². The Hall–Kier alpha value is -2.21. The largest absolute Gasteiger partial charge is 0.379 e. The fourth-order valence-corrected chi connectivity index (χ4v) is 4.93. The third-order valence-corrected chi connectivity index (χ3v) is 6.51. The molecule has 29 heavy (non-hydrogen) atoms. The molecule has 2 aromatic carbocycles. The summed E-state index contributed by atoms with van der Waals surface area (Å²) in [5.41, 5.74) is 4.89. The highest BCUT2D eigenvalue weighted by molar-refractivity contribution is 5.75. The Bertz CT molecular complexity index is 929. The zero-order valence-electron chi connectivity index (χ0n) is 16.9. The maximum absolute atomic E-state index is 5.69. The number of hydrogen-bond donors (Lipinski definition) is 2. The maximum atomic E-state index is 5.69. The minimum Gasteiger partial charge on any atom is -0.379 e. The highest BCUT2D eigenvalue weighted by Gasteiger charge is 2.34. The van der Waals surface area contributed by atoms with Crippen LogP contribution in [-0.4, -0.2) is 41.4 Å². The molecule has 0 amide bonds. The molecule has 2 fully saturated rings. The third kappa shape index (κ3) is 4.22. The summed E-state index contributed by atoms with van der Waals surface area (Å²) in [6.45, 7) is 4.49. The van der Waals surface area contributed by atoms with Gasteiger partial charge in [0.1, 0.15) is 0 Å². The summed E-state index contributed by atoms with van der Waals surface area (Å²) in [6, 6.07) is 18.4. The highest BCUT2D eigenvalue weighted by atomic mass is 16.5. The van der Waals surface area contributed by atoms with E-state index in [0.717, 1.165) is 38.4 Å². The van der Waals surface area contributed by atoms with Gasteiger partial charge < -0.3 is 19.9 Å². The van der Waals surface area contributed by atoms with Crippen LogP contribution >= 0.6 is 0 Å². The molecular formula is C24H30N4O. The summed E-state index contributed by atoms with van der Waals surface area (Å²) >= 11 is 0. The van der Waals surface area contributed by atoms with Crippen LogP contribution in [0.1, 0.15) is 30.4 Å². The number of rotatable bonds is 6. The van der Waals surface area contributed by atoms with Crippen molar-refractivity contribution in [2.24, 2.45) is 5.92 Å². The van der Waals surface area contributed by atoms with E-state index in [1.807, 2.05) is 12.4 Å². The van der Waals surface area contributed by atoms with E-state index in [2.05, 4.69) is 62.6 Å². The Labute approximate surface area is 172 Å². The molecule has 5 heteroatoms. The number of imidazole rings is 1. The molecule has 1 aliphatic carbocycles. The van der Waals surface area contributed by atoms with Gasteiger partial charge in [-0.1, -0.05) is 42.8 Å². The minimum atomic E-state index is 0.510. The summed E-state index contributed by atoms with van der Waals surface area (Å²) in [4.78, 5) is 4.49. The van der Waals surface area contributed by atoms with E-state index >= 15 is 0 Å². The van der Waals surface area contributed by atoms with Gasteiger partial charge in [-0.3, -0.25) is 0 Å². The fourth-order valence-electron chi connectivity index (χ4n) is 4.93. The molecule has 3 aromatic rings. The van der Waals surface area contributed by atoms with Crippen LogP contribution in [0.2, 0.25) is 0 Å². The van der Waals surface area contributed by atoms with Crippen LogP contribution in [-0.2, 0) is 17.8 Å². The Morgan fingerprint density at radius 1 is 1.07 bits per heavy atom. The minimum absolute atomic E-state index is 0.510. The van der Waals surface area contributed by atoms with Crippen molar-refractivity contribution in [3.05, 3.63) is 66.0 Å². The lowest BCUT2D eigenvalue weighted by Crippen LogP contribution is -2.50. The summed E-state index contributed by atoms with van der Waals surface area (Å²) < 4.78 is 7.91. The van der Waals surface area contributed by atoms with Crippen LogP contribution in [0.4, 0.5) is 0 Å². The van der Waals surface area contributed by atoms with Gasteiger partial charge in [0.15, 0.2) is 0 Å². The molecule has 3 atom stereocenters. The number of aromatic nitrogens is 2. The number of hydrogen-bond acceptors (Lipinski definition) is 4. The fraction of sp³-hybridized carbons (Fsp3) is 0.458. The number of nitrogens with zero attached hydrogens (tertiary/aromatic N) is 2. The van der Waals surface area contributed by atoms with E-state index in [-0.39, 0.29) is 0 Å². The quantitative estimate of drug-likeness (QED) is 0.678. The van der Waals surface area contributed by atoms with Crippen molar-refractivity contribution >= 4 is 11.0 Å². The number of fused-ring (bicyclic) bond motifs is 1. The predicted octanol–water partition coefficient (Wildman–Crippen LogP) is 3.33. The third-order valence-electron chi connectivity index (χ3n) is 6.51. The summed E-state index contributed by atoms with van der Waals surface area (Å²) in [5.74, 6) is 0.684. The molecule has 1 saturated heterocycles. The van der Waals surface area contributed by atoms with E-state index in [0.29, 0.717) is 18.0 Å². The van der Waals surface area contributed by atoms with Crippen LogP contribution in [0, 0.1) is 5.92 Å². The molecule has 1 aromatic heterocycles. The molecule has 3 unspecified atom stereocenters. The van der Waals surface area contributed by atoms with Gasteiger partial charge in [0.05, 0.1) is 30.6 Å². The van der Waals surface area contributed by atoms with Crippen LogP contribution in [0.25, 0.3) is 11.0 Å². The molecule has 5 nitrogen and oxygen atoms in total. The second-order valence-electron chi connectivity index (χ2n) is 8.40. The number of ether oxygens (including phenoxy) is 1. The molecule has 2 aliphatic rings. The summed E-state index contributed by atoms with van der Waals surface area (Å²) in [6.07, 6.45) is 5.83. The Balaban J connectivity index is 1.18. The van der Waals surface area contributed by atoms with Crippen LogP contribution < -0.4 is 10.6 Å². The average molecular weight is 391 g/mol. The van der Waals surface area contributed by atoms with Crippen molar-refractivity contribution in [1.29, 1.82) is 0 Å². The normalized spacial score (nSPS) is 24.9. The second-order valence-corrected chi connectivity index (χ2v) is 8.40. The highest BCUT2D eigenvalue weighted by Crippen LogP contribution is 2.29. The van der Waals surface area contributed by atoms with Gasteiger partial charge in [0, 0.05) is 31.7 Å². The van der Waals surface area contributed by atoms with Crippen molar-refractivity contribution in [3.8, 4) is 0 Å².